The molecule has 0 saturated heterocycles. The van der Waals surface area contributed by atoms with Crippen LogP contribution in [0.15, 0.2) is 0 Å². The van der Waals surface area contributed by atoms with E-state index in [0.717, 1.165) is 0 Å². The van der Waals surface area contributed by atoms with Crippen LogP contribution in [0.4, 0.5) is 4.79 Å². The third kappa shape index (κ3) is 2.63. The largest absolute Gasteiger partial charge is 0.480 e. The zero-order valence-corrected chi connectivity index (χ0v) is 12.5. The van der Waals surface area contributed by atoms with Crippen LogP contribution in [-0.2, 0) is 9.53 Å². The first-order valence-electron chi connectivity index (χ1n) is 6.10. The molecule has 2 rings (SSSR count). The molecule has 7 heteroatoms. The minimum absolute atomic E-state index is 0.0816. The maximum Gasteiger partial charge on any atom is 0.408 e. The lowest BCUT2D eigenvalue weighted by atomic mass is 9.93. The summed E-state index contributed by atoms with van der Waals surface area (Å²) in [4.78, 5) is 23.2. The number of alkyl carbamates (subject to hydrolysis) is 1. The zero-order valence-electron chi connectivity index (χ0n) is 11.0. The van der Waals surface area contributed by atoms with E-state index in [-0.39, 0.29) is 24.7 Å². The summed E-state index contributed by atoms with van der Waals surface area (Å²) in [6, 6.07) is 0. The van der Waals surface area contributed by atoms with Gasteiger partial charge in [0, 0.05) is 11.8 Å². The van der Waals surface area contributed by atoms with Gasteiger partial charge in [-0.1, -0.05) is 0 Å². The molecule has 2 N–H and O–H groups in total. The molecule has 2 aliphatic rings. The molecule has 2 saturated carbocycles. The van der Waals surface area contributed by atoms with E-state index >= 15 is 0 Å². The van der Waals surface area contributed by atoms with Crippen molar-refractivity contribution in [2.75, 3.05) is 0 Å². The summed E-state index contributed by atoms with van der Waals surface area (Å²) in [6.45, 7) is 5.15. The number of ether oxygens (including phenoxy) is 1. The molecule has 0 aromatic carbocycles. The van der Waals surface area contributed by atoms with Crippen LogP contribution in [-0.4, -0.2) is 32.6 Å². The molecule has 1 amide bonds. The van der Waals surface area contributed by atoms with Crippen molar-refractivity contribution in [1.29, 1.82) is 0 Å². The number of carbonyl (C=O) groups excluding carboxylic acids is 1. The van der Waals surface area contributed by atoms with Crippen molar-refractivity contribution in [1.82, 2.24) is 5.32 Å². The average molecular weight is 310 g/mol. The third-order valence-electron chi connectivity index (χ3n) is 3.65. The molecule has 0 radical (unpaired) electrons. The third-order valence-corrected chi connectivity index (χ3v) is 4.77. The van der Waals surface area contributed by atoms with Crippen LogP contribution in [0.25, 0.3) is 0 Å². The Morgan fingerprint density at radius 3 is 2.11 bits per heavy atom. The van der Waals surface area contributed by atoms with E-state index in [0.29, 0.717) is 0 Å². The van der Waals surface area contributed by atoms with Crippen LogP contribution in [0.2, 0.25) is 0 Å². The topological polar surface area (TPSA) is 75.6 Å². The maximum atomic E-state index is 11.7. The van der Waals surface area contributed by atoms with Gasteiger partial charge in [0.1, 0.15) is 15.5 Å². The maximum absolute atomic E-state index is 11.7. The average Bonchev–Trinajstić information content (AvgIpc) is 2.58. The van der Waals surface area contributed by atoms with Gasteiger partial charge in [-0.15, -0.1) is 23.2 Å². The fourth-order valence-electron chi connectivity index (χ4n) is 2.68. The summed E-state index contributed by atoms with van der Waals surface area (Å²) < 4.78 is 4.26. The lowest BCUT2D eigenvalue weighted by Gasteiger charge is -2.30. The summed E-state index contributed by atoms with van der Waals surface area (Å²) in [7, 11) is 0. The molecule has 108 valence electrons. The molecule has 0 unspecified atom stereocenters. The summed E-state index contributed by atoms with van der Waals surface area (Å²) in [6.07, 6.45) is -0.260. The Kier molecular flexibility index (Phi) is 3.22. The number of aliphatic carboxylic acids is 1. The van der Waals surface area contributed by atoms with Crippen molar-refractivity contribution < 1.29 is 19.4 Å². The molecular weight excluding hydrogens is 293 g/mol. The van der Waals surface area contributed by atoms with Gasteiger partial charge in [0.15, 0.2) is 0 Å². The molecule has 0 aromatic rings. The Morgan fingerprint density at radius 1 is 1.26 bits per heavy atom. The standard InChI is InChI=1S/C12H17Cl2NO4/c1-10(2,3)19-9(18)15-11(8(16)17)4-6-7(5-11)12(6,13)14/h6-7H,4-5H2,1-3H3,(H,15,18)(H,16,17)/t6-,7-/m0/s1. The zero-order chi connectivity index (χ0) is 14.6. The molecule has 2 aliphatic carbocycles. The number of alkyl halides is 2. The Morgan fingerprint density at radius 2 is 1.74 bits per heavy atom. The molecule has 5 nitrogen and oxygen atoms in total. The highest BCUT2D eigenvalue weighted by atomic mass is 35.5. The van der Waals surface area contributed by atoms with Crippen LogP contribution >= 0.6 is 23.2 Å². The summed E-state index contributed by atoms with van der Waals surface area (Å²) in [5, 5.41) is 11.8. The fraction of sp³-hybridized carbons (Fsp3) is 0.833. The number of carboxylic acid groups (broad SMARTS) is 1. The normalized spacial score (nSPS) is 30.4. The van der Waals surface area contributed by atoms with Crippen LogP contribution in [0, 0.1) is 11.8 Å². The summed E-state index contributed by atoms with van der Waals surface area (Å²) in [5.74, 6) is -1.24. The van der Waals surface area contributed by atoms with Crippen molar-refractivity contribution in [2.45, 2.75) is 49.1 Å². The van der Waals surface area contributed by atoms with Gasteiger partial charge < -0.3 is 15.2 Å². The molecule has 2 fully saturated rings. The number of halogens is 2. The second kappa shape index (κ2) is 4.16. The Hall–Kier alpha value is -0.680. The van der Waals surface area contributed by atoms with Gasteiger partial charge in [-0.05, 0) is 33.6 Å². The van der Waals surface area contributed by atoms with Gasteiger partial charge in [0.05, 0.1) is 0 Å². The monoisotopic (exact) mass is 309 g/mol. The van der Waals surface area contributed by atoms with E-state index in [1.807, 2.05) is 0 Å². The highest BCUT2D eigenvalue weighted by molar-refractivity contribution is 6.51. The molecule has 0 aromatic heterocycles. The van der Waals surface area contributed by atoms with E-state index in [9.17, 15) is 14.7 Å². The van der Waals surface area contributed by atoms with Gasteiger partial charge in [-0.25, -0.2) is 9.59 Å². The van der Waals surface area contributed by atoms with E-state index < -0.39 is 27.5 Å². The van der Waals surface area contributed by atoms with Gasteiger partial charge in [-0.3, -0.25) is 0 Å². The van der Waals surface area contributed by atoms with E-state index in [1.54, 1.807) is 20.8 Å². The molecule has 0 spiro atoms. The number of carbonyl (C=O) groups is 2. The predicted octanol–water partition coefficient (Wildman–Crippen LogP) is 2.55. The number of amides is 1. The van der Waals surface area contributed by atoms with Crippen LogP contribution in [0.5, 0.6) is 0 Å². The van der Waals surface area contributed by atoms with Crippen LogP contribution < -0.4 is 5.32 Å². The van der Waals surface area contributed by atoms with Crippen molar-refractivity contribution >= 4 is 35.3 Å². The Bertz CT molecular complexity index is 416. The lowest BCUT2D eigenvalue weighted by Crippen LogP contribution is -2.55. The SMILES string of the molecule is CC(C)(C)OC(=O)NC1(C(=O)O)C[C@H]2[C@H](C1)C2(Cl)Cl. The van der Waals surface area contributed by atoms with Gasteiger partial charge >= 0.3 is 12.1 Å². The number of hydrogen-bond donors (Lipinski definition) is 2. The van der Waals surface area contributed by atoms with Gasteiger partial charge in [0.2, 0.25) is 0 Å². The molecule has 0 bridgehead atoms. The number of nitrogens with one attached hydrogen (secondary N) is 1. The molecule has 0 aliphatic heterocycles. The smallest absolute Gasteiger partial charge is 0.408 e. The second-order valence-electron chi connectivity index (χ2n) is 6.31. The molecule has 0 heterocycles. The first kappa shape index (κ1) is 14.7. The lowest BCUT2D eigenvalue weighted by molar-refractivity contribution is -0.145. The number of fused-ring (bicyclic) bond motifs is 1. The predicted molar refractivity (Wildman–Crippen MR) is 70.4 cm³/mol. The van der Waals surface area contributed by atoms with Gasteiger partial charge in [0.25, 0.3) is 0 Å². The van der Waals surface area contributed by atoms with Gasteiger partial charge in [-0.2, -0.15) is 0 Å². The summed E-state index contributed by atoms with van der Waals surface area (Å²) in [5.41, 5.74) is -1.99. The number of carboxylic acids is 1. The van der Waals surface area contributed by atoms with Crippen LogP contribution in [0.3, 0.4) is 0 Å². The molecule has 2 atom stereocenters. The van der Waals surface area contributed by atoms with E-state index in [1.165, 1.54) is 0 Å². The highest BCUT2D eigenvalue weighted by Crippen LogP contribution is 2.69. The first-order chi connectivity index (χ1) is 8.48. The molecular formula is C12H17Cl2NO4. The van der Waals surface area contributed by atoms with Crippen molar-refractivity contribution in [3.8, 4) is 0 Å². The first-order valence-corrected chi connectivity index (χ1v) is 6.86. The number of rotatable bonds is 2. The fourth-order valence-corrected chi connectivity index (χ4v) is 3.47. The molecule has 19 heavy (non-hydrogen) atoms. The van der Waals surface area contributed by atoms with Crippen molar-refractivity contribution in [3.05, 3.63) is 0 Å². The quantitative estimate of drug-likeness (QED) is 0.769. The Balaban J connectivity index is 2.04. The second-order valence-corrected chi connectivity index (χ2v) is 7.75. The minimum atomic E-state index is -1.31. The van der Waals surface area contributed by atoms with Crippen LogP contribution in [0.1, 0.15) is 33.6 Å². The Labute approximate surface area is 121 Å². The highest BCUT2D eigenvalue weighted by Gasteiger charge is 2.73. The number of hydrogen-bond acceptors (Lipinski definition) is 3. The van der Waals surface area contributed by atoms with Crippen molar-refractivity contribution in [3.63, 3.8) is 0 Å². The minimum Gasteiger partial charge on any atom is -0.480 e. The van der Waals surface area contributed by atoms with E-state index in [2.05, 4.69) is 5.32 Å². The van der Waals surface area contributed by atoms with Crippen molar-refractivity contribution in [2.24, 2.45) is 11.8 Å². The summed E-state index contributed by atoms with van der Waals surface area (Å²) >= 11 is 12.0. The van der Waals surface area contributed by atoms with E-state index in [4.69, 9.17) is 27.9 Å².